The lowest BCUT2D eigenvalue weighted by Crippen LogP contribution is -2.34. The molecule has 2 aromatic rings. The number of urea groups is 1. The van der Waals surface area contributed by atoms with E-state index in [1.54, 1.807) is 14.2 Å². The van der Waals surface area contributed by atoms with E-state index in [0.29, 0.717) is 28.9 Å². The number of methoxy groups -OCH3 is 1. The molecule has 148 valence electrons. The van der Waals surface area contributed by atoms with E-state index in [-0.39, 0.29) is 18.0 Å². The Morgan fingerprint density at radius 1 is 1.39 bits per heavy atom. The van der Waals surface area contributed by atoms with Crippen LogP contribution in [0.5, 0.6) is 5.75 Å². The molecule has 1 aliphatic heterocycles. The number of rotatable bonds is 5. The number of fused-ring (bicyclic) bond motifs is 1. The molecule has 0 bridgehead atoms. The minimum Gasteiger partial charge on any atom is -0.496 e. The number of thiazole rings is 1. The average Bonchev–Trinajstić information content (AvgIpc) is 3.40. The predicted octanol–water partition coefficient (Wildman–Crippen LogP) is 3.63. The van der Waals surface area contributed by atoms with Crippen molar-refractivity contribution in [1.29, 1.82) is 0 Å². The van der Waals surface area contributed by atoms with Crippen LogP contribution in [0, 0.1) is 12.8 Å². The highest BCUT2D eigenvalue weighted by Crippen LogP contribution is 2.43. The van der Waals surface area contributed by atoms with Gasteiger partial charge in [-0.3, -0.25) is 10.1 Å². The SMILES string of the molecule is CNC(=O)Nc1nc(C)c(-c2cc3c(c(OC)c2)C(=O)N([C@@H](C)C2CC2)C3)s1. The molecule has 0 radical (unpaired) electrons. The van der Waals surface area contributed by atoms with Crippen molar-refractivity contribution in [3.8, 4) is 16.2 Å². The highest BCUT2D eigenvalue weighted by molar-refractivity contribution is 7.19. The molecule has 1 aliphatic carbocycles. The summed E-state index contributed by atoms with van der Waals surface area (Å²) in [5.41, 5.74) is 3.43. The van der Waals surface area contributed by atoms with Crippen molar-refractivity contribution in [2.75, 3.05) is 19.5 Å². The zero-order valence-electron chi connectivity index (χ0n) is 16.5. The van der Waals surface area contributed by atoms with Crippen LogP contribution in [-0.4, -0.2) is 42.0 Å². The molecule has 1 atom stereocenters. The lowest BCUT2D eigenvalue weighted by Gasteiger charge is -2.24. The van der Waals surface area contributed by atoms with E-state index in [4.69, 9.17) is 4.74 Å². The summed E-state index contributed by atoms with van der Waals surface area (Å²) in [5.74, 6) is 1.27. The Labute approximate surface area is 168 Å². The maximum Gasteiger partial charge on any atom is 0.320 e. The fourth-order valence-electron chi connectivity index (χ4n) is 3.77. The van der Waals surface area contributed by atoms with Crippen molar-refractivity contribution in [3.63, 3.8) is 0 Å². The Hall–Kier alpha value is -2.61. The number of carbonyl (C=O) groups is 2. The molecule has 28 heavy (non-hydrogen) atoms. The van der Waals surface area contributed by atoms with Crippen molar-refractivity contribution in [2.45, 2.75) is 39.3 Å². The number of aromatic nitrogens is 1. The van der Waals surface area contributed by atoms with Crippen LogP contribution in [0.25, 0.3) is 10.4 Å². The molecule has 0 unspecified atom stereocenters. The molecule has 1 saturated carbocycles. The molecule has 0 saturated heterocycles. The monoisotopic (exact) mass is 400 g/mol. The minimum atomic E-state index is -0.304. The van der Waals surface area contributed by atoms with Gasteiger partial charge in [0.1, 0.15) is 5.75 Å². The summed E-state index contributed by atoms with van der Waals surface area (Å²) in [5, 5.41) is 5.77. The highest BCUT2D eigenvalue weighted by Gasteiger charge is 2.40. The van der Waals surface area contributed by atoms with Gasteiger partial charge in [-0.05, 0) is 55.9 Å². The first-order valence-corrected chi connectivity index (χ1v) is 10.2. The van der Waals surface area contributed by atoms with Crippen molar-refractivity contribution >= 4 is 28.4 Å². The van der Waals surface area contributed by atoms with Gasteiger partial charge in [0.2, 0.25) is 0 Å². The lowest BCUT2D eigenvalue weighted by molar-refractivity contribution is 0.0695. The maximum atomic E-state index is 13.0. The van der Waals surface area contributed by atoms with Gasteiger partial charge in [0, 0.05) is 19.6 Å². The number of aryl methyl sites for hydroxylation is 1. The third kappa shape index (κ3) is 3.22. The molecule has 2 aliphatic rings. The van der Waals surface area contributed by atoms with Crippen LogP contribution in [0.1, 0.15) is 41.4 Å². The third-order valence-electron chi connectivity index (χ3n) is 5.52. The number of hydrogen-bond acceptors (Lipinski definition) is 5. The molecular formula is C20H24N4O3S. The van der Waals surface area contributed by atoms with Crippen LogP contribution in [0.15, 0.2) is 12.1 Å². The molecule has 0 spiro atoms. The van der Waals surface area contributed by atoms with Crippen LogP contribution in [0.2, 0.25) is 0 Å². The summed E-state index contributed by atoms with van der Waals surface area (Å²) in [6.07, 6.45) is 2.40. The summed E-state index contributed by atoms with van der Waals surface area (Å²) in [4.78, 5) is 31.9. The first-order valence-electron chi connectivity index (χ1n) is 9.41. The Balaban J connectivity index is 1.69. The van der Waals surface area contributed by atoms with E-state index in [0.717, 1.165) is 21.7 Å². The summed E-state index contributed by atoms with van der Waals surface area (Å²) in [6, 6.07) is 3.90. The molecule has 7 nitrogen and oxygen atoms in total. The van der Waals surface area contributed by atoms with Gasteiger partial charge in [-0.25, -0.2) is 9.78 Å². The number of nitrogens with one attached hydrogen (secondary N) is 2. The van der Waals surface area contributed by atoms with E-state index in [1.165, 1.54) is 24.2 Å². The first kappa shape index (κ1) is 18.7. The summed E-state index contributed by atoms with van der Waals surface area (Å²) in [7, 11) is 3.16. The van der Waals surface area contributed by atoms with Crippen LogP contribution >= 0.6 is 11.3 Å². The molecule has 4 rings (SSSR count). The smallest absolute Gasteiger partial charge is 0.320 e. The van der Waals surface area contributed by atoms with Crippen molar-refractivity contribution in [1.82, 2.24) is 15.2 Å². The van der Waals surface area contributed by atoms with Gasteiger partial charge in [-0.2, -0.15) is 0 Å². The van der Waals surface area contributed by atoms with E-state index >= 15 is 0 Å². The third-order valence-corrected chi connectivity index (χ3v) is 6.64. The van der Waals surface area contributed by atoms with Crippen molar-refractivity contribution < 1.29 is 14.3 Å². The number of nitrogens with zero attached hydrogens (tertiary/aromatic N) is 2. The van der Waals surface area contributed by atoms with Gasteiger partial charge in [0.15, 0.2) is 5.13 Å². The second kappa shape index (κ2) is 7.09. The van der Waals surface area contributed by atoms with Gasteiger partial charge in [0.25, 0.3) is 5.91 Å². The first-order chi connectivity index (χ1) is 13.4. The molecule has 2 N–H and O–H groups in total. The fourth-order valence-corrected chi connectivity index (χ4v) is 4.72. The Kier molecular flexibility index (Phi) is 4.74. The number of carbonyl (C=O) groups excluding carboxylic acids is 2. The van der Waals surface area contributed by atoms with Crippen molar-refractivity contribution in [3.05, 3.63) is 29.0 Å². The summed E-state index contributed by atoms with van der Waals surface area (Å²) >= 11 is 1.41. The molecule has 8 heteroatoms. The molecule has 1 aromatic heterocycles. The number of anilines is 1. The number of hydrogen-bond donors (Lipinski definition) is 2. The molecule has 1 aromatic carbocycles. The number of benzene rings is 1. The van der Waals surface area contributed by atoms with Crippen molar-refractivity contribution in [2.24, 2.45) is 5.92 Å². The number of ether oxygens (including phenoxy) is 1. The Bertz CT molecular complexity index is 951. The van der Waals surface area contributed by atoms with Crippen LogP contribution in [0.4, 0.5) is 9.93 Å². The second-order valence-corrected chi connectivity index (χ2v) is 8.36. The van der Waals surface area contributed by atoms with Gasteiger partial charge in [-0.1, -0.05) is 11.3 Å². The topological polar surface area (TPSA) is 83.6 Å². The standard InChI is InChI=1S/C20H24N4O3S/c1-10-17(28-20(22-10)23-19(26)21-3)13-7-14-9-24(11(2)12-5-6-12)18(25)16(14)15(8-13)27-4/h7-8,11-12H,5-6,9H2,1-4H3,(H2,21,22,23,26)/t11-/m0/s1. The quantitative estimate of drug-likeness (QED) is 0.803. The molecule has 2 heterocycles. The van der Waals surface area contributed by atoms with Crippen LogP contribution in [0.3, 0.4) is 0 Å². The highest BCUT2D eigenvalue weighted by atomic mass is 32.1. The van der Waals surface area contributed by atoms with Gasteiger partial charge in [-0.15, -0.1) is 0 Å². The zero-order chi connectivity index (χ0) is 20.0. The summed E-state index contributed by atoms with van der Waals surface area (Å²) < 4.78 is 5.58. The van der Waals surface area contributed by atoms with Gasteiger partial charge < -0.3 is 15.0 Å². The van der Waals surface area contributed by atoms with E-state index < -0.39 is 0 Å². The van der Waals surface area contributed by atoms with E-state index in [1.807, 2.05) is 17.9 Å². The number of amides is 3. The maximum absolute atomic E-state index is 13.0. The summed E-state index contributed by atoms with van der Waals surface area (Å²) in [6.45, 7) is 4.66. The van der Waals surface area contributed by atoms with Crippen LogP contribution in [-0.2, 0) is 6.54 Å². The predicted molar refractivity (Wildman–Crippen MR) is 109 cm³/mol. The molecular weight excluding hydrogens is 376 g/mol. The molecule has 1 fully saturated rings. The van der Waals surface area contributed by atoms with Gasteiger partial charge in [0.05, 0.1) is 23.2 Å². The second-order valence-electron chi connectivity index (χ2n) is 7.36. The Morgan fingerprint density at radius 3 is 2.79 bits per heavy atom. The van der Waals surface area contributed by atoms with E-state index in [2.05, 4.69) is 28.6 Å². The van der Waals surface area contributed by atoms with Crippen LogP contribution < -0.4 is 15.4 Å². The largest absolute Gasteiger partial charge is 0.496 e. The fraction of sp³-hybridized carbons (Fsp3) is 0.450. The molecule has 3 amide bonds. The normalized spacial score (nSPS) is 16.7. The average molecular weight is 401 g/mol. The zero-order valence-corrected chi connectivity index (χ0v) is 17.3. The minimum absolute atomic E-state index is 0.0563. The Morgan fingerprint density at radius 2 is 2.14 bits per heavy atom. The van der Waals surface area contributed by atoms with E-state index in [9.17, 15) is 9.59 Å². The lowest BCUT2D eigenvalue weighted by atomic mass is 10.0. The van der Waals surface area contributed by atoms with Gasteiger partial charge >= 0.3 is 6.03 Å².